The summed E-state index contributed by atoms with van der Waals surface area (Å²) < 4.78 is 5.47. The summed E-state index contributed by atoms with van der Waals surface area (Å²) in [7, 11) is 1.89. The van der Waals surface area contributed by atoms with Crippen LogP contribution in [0.1, 0.15) is 44.1 Å². The molecule has 1 aromatic carbocycles. The highest BCUT2D eigenvalue weighted by atomic mass is 16.5. The molecule has 3 fully saturated rings. The maximum Gasteiger partial charge on any atom is 0.225 e. The second-order valence-corrected chi connectivity index (χ2v) is 9.91. The number of carbonyl (C=O) groups is 2. The van der Waals surface area contributed by atoms with Gasteiger partial charge < -0.3 is 19.4 Å². The number of amides is 2. The Labute approximate surface area is 192 Å². The topological polar surface area (TPSA) is 53.1 Å². The molecule has 0 bridgehead atoms. The van der Waals surface area contributed by atoms with E-state index in [0.29, 0.717) is 12.5 Å². The molecule has 3 aliphatic heterocycles. The molecule has 0 spiro atoms. The molecule has 3 saturated heterocycles. The van der Waals surface area contributed by atoms with Crippen molar-refractivity contribution in [1.29, 1.82) is 0 Å². The van der Waals surface area contributed by atoms with Gasteiger partial charge in [0, 0.05) is 58.3 Å². The second kappa shape index (κ2) is 11.3. The van der Waals surface area contributed by atoms with Crippen LogP contribution >= 0.6 is 0 Å². The predicted octanol–water partition coefficient (Wildman–Crippen LogP) is 3.02. The first-order chi connectivity index (χ1) is 15.6. The molecule has 3 aliphatic rings. The molecular formula is C26H39N3O3. The fourth-order valence-electron chi connectivity index (χ4n) is 5.51. The van der Waals surface area contributed by atoms with Crippen LogP contribution < -0.4 is 0 Å². The van der Waals surface area contributed by atoms with E-state index >= 15 is 0 Å². The number of ether oxygens (including phenoxy) is 1. The lowest BCUT2D eigenvalue weighted by Crippen LogP contribution is -2.48. The minimum Gasteiger partial charge on any atom is -0.381 e. The lowest BCUT2D eigenvalue weighted by Gasteiger charge is -2.38. The van der Waals surface area contributed by atoms with Gasteiger partial charge >= 0.3 is 0 Å². The van der Waals surface area contributed by atoms with E-state index in [1.807, 2.05) is 35.0 Å². The second-order valence-electron chi connectivity index (χ2n) is 9.91. The number of hydrogen-bond acceptors (Lipinski definition) is 4. The number of likely N-dealkylation sites (tertiary alicyclic amines) is 2. The Hall–Kier alpha value is -1.92. The summed E-state index contributed by atoms with van der Waals surface area (Å²) in [5.74, 6) is 1.48. The number of nitrogens with zero attached hydrogens (tertiary/aromatic N) is 3. The molecule has 0 aliphatic carbocycles. The molecule has 176 valence electrons. The molecule has 32 heavy (non-hydrogen) atoms. The van der Waals surface area contributed by atoms with Gasteiger partial charge in [0.25, 0.3) is 0 Å². The van der Waals surface area contributed by atoms with Crippen LogP contribution in [0.2, 0.25) is 0 Å². The summed E-state index contributed by atoms with van der Waals surface area (Å²) in [6, 6.07) is 10.1. The third-order valence-electron chi connectivity index (χ3n) is 7.59. The van der Waals surface area contributed by atoms with Crippen LogP contribution in [0.25, 0.3) is 0 Å². The first-order valence-electron chi connectivity index (χ1n) is 12.5. The zero-order chi connectivity index (χ0) is 22.3. The molecule has 6 nitrogen and oxygen atoms in total. The molecule has 4 rings (SSSR count). The van der Waals surface area contributed by atoms with Gasteiger partial charge in [-0.25, -0.2) is 0 Å². The van der Waals surface area contributed by atoms with E-state index in [2.05, 4.69) is 17.0 Å². The van der Waals surface area contributed by atoms with Gasteiger partial charge in [-0.1, -0.05) is 30.3 Å². The summed E-state index contributed by atoms with van der Waals surface area (Å²) in [6.07, 6.45) is 5.86. The van der Waals surface area contributed by atoms with Crippen LogP contribution in [0.4, 0.5) is 0 Å². The third kappa shape index (κ3) is 6.10. The maximum absolute atomic E-state index is 13.1. The average Bonchev–Trinajstić information content (AvgIpc) is 2.85. The highest BCUT2D eigenvalue weighted by Crippen LogP contribution is 2.26. The summed E-state index contributed by atoms with van der Waals surface area (Å²) in [6.45, 7) is 7.12. The van der Waals surface area contributed by atoms with Crippen LogP contribution in [0.3, 0.4) is 0 Å². The number of carbonyl (C=O) groups excluding carboxylic acids is 2. The van der Waals surface area contributed by atoms with Gasteiger partial charge in [-0.15, -0.1) is 0 Å². The van der Waals surface area contributed by atoms with Gasteiger partial charge in [0.15, 0.2) is 0 Å². The third-order valence-corrected chi connectivity index (χ3v) is 7.59. The number of rotatable bonds is 6. The Bertz CT molecular complexity index is 734. The van der Waals surface area contributed by atoms with Gasteiger partial charge in [-0.05, 0) is 63.1 Å². The first kappa shape index (κ1) is 23.2. The fraction of sp³-hybridized carbons (Fsp3) is 0.692. The monoisotopic (exact) mass is 441 g/mol. The molecule has 6 heteroatoms. The summed E-state index contributed by atoms with van der Waals surface area (Å²) in [5, 5.41) is 0. The van der Waals surface area contributed by atoms with Crippen molar-refractivity contribution in [1.82, 2.24) is 14.7 Å². The van der Waals surface area contributed by atoms with Crippen molar-refractivity contribution in [2.75, 3.05) is 53.0 Å². The summed E-state index contributed by atoms with van der Waals surface area (Å²) in [5.41, 5.74) is 1.15. The lowest BCUT2D eigenvalue weighted by atomic mass is 9.90. The van der Waals surface area contributed by atoms with Crippen LogP contribution in [0.15, 0.2) is 30.3 Å². The number of hydrogen-bond donors (Lipinski definition) is 0. The largest absolute Gasteiger partial charge is 0.381 e. The fourth-order valence-corrected chi connectivity index (χ4v) is 5.51. The Kier molecular flexibility index (Phi) is 8.20. The van der Waals surface area contributed by atoms with Crippen LogP contribution in [-0.2, 0) is 20.9 Å². The van der Waals surface area contributed by atoms with Crippen molar-refractivity contribution >= 4 is 11.8 Å². The molecule has 3 heterocycles. The van der Waals surface area contributed by atoms with Crippen molar-refractivity contribution in [3.8, 4) is 0 Å². The molecule has 0 N–H and O–H groups in total. The predicted molar refractivity (Wildman–Crippen MR) is 125 cm³/mol. The van der Waals surface area contributed by atoms with Gasteiger partial charge in [0.1, 0.15) is 0 Å². The Morgan fingerprint density at radius 1 is 0.906 bits per heavy atom. The zero-order valence-electron chi connectivity index (χ0n) is 19.6. The minimum absolute atomic E-state index is 0.0362. The highest BCUT2D eigenvalue weighted by Gasteiger charge is 2.33. The van der Waals surface area contributed by atoms with E-state index in [0.717, 1.165) is 83.1 Å². The Morgan fingerprint density at radius 2 is 1.53 bits per heavy atom. The maximum atomic E-state index is 13.1. The normalized spacial score (nSPS) is 22.1. The Balaban J connectivity index is 1.18. The smallest absolute Gasteiger partial charge is 0.225 e. The molecular weight excluding hydrogens is 402 g/mol. The quantitative estimate of drug-likeness (QED) is 0.681. The van der Waals surface area contributed by atoms with E-state index in [-0.39, 0.29) is 17.7 Å². The van der Waals surface area contributed by atoms with E-state index in [9.17, 15) is 9.59 Å². The van der Waals surface area contributed by atoms with Gasteiger partial charge in [-0.3, -0.25) is 9.59 Å². The van der Waals surface area contributed by atoms with Gasteiger partial charge in [0.2, 0.25) is 11.8 Å². The SMILES string of the molecule is CN(Cc1ccccc1)C(=O)C1CCN(C(=O)C2CCN(CC3CCOCC3)CC2)CC1. The van der Waals surface area contributed by atoms with E-state index in [1.165, 1.54) is 12.8 Å². The molecule has 0 radical (unpaired) electrons. The highest BCUT2D eigenvalue weighted by molar-refractivity contribution is 5.81. The molecule has 0 saturated carbocycles. The van der Waals surface area contributed by atoms with Crippen molar-refractivity contribution < 1.29 is 14.3 Å². The van der Waals surface area contributed by atoms with E-state index < -0.39 is 0 Å². The van der Waals surface area contributed by atoms with Crippen LogP contribution in [0.5, 0.6) is 0 Å². The van der Waals surface area contributed by atoms with Crippen LogP contribution in [0, 0.1) is 17.8 Å². The standard InChI is InChI=1S/C26H39N3O3/c1-27(19-21-5-3-2-4-6-21)25(30)23-9-15-29(16-10-23)26(31)24-7-13-28(14-8-24)20-22-11-17-32-18-12-22/h2-6,22-24H,7-20H2,1H3. The van der Waals surface area contributed by atoms with Gasteiger partial charge in [0.05, 0.1) is 0 Å². The Morgan fingerprint density at radius 3 is 2.19 bits per heavy atom. The molecule has 0 atom stereocenters. The molecule has 2 amide bonds. The molecule has 1 aromatic rings. The number of benzene rings is 1. The lowest BCUT2D eigenvalue weighted by molar-refractivity contribution is -0.143. The van der Waals surface area contributed by atoms with Crippen molar-refractivity contribution in [3.05, 3.63) is 35.9 Å². The zero-order valence-corrected chi connectivity index (χ0v) is 19.6. The van der Waals surface area contributed by atoms with Gasteiger partial charge in [-0.2, -0.15) is 0 Å². The van der Waals surface area contributed by atoms with Crippen molar-refractivity contribution in [2.45, 2.75) is 45.1 Å². The van der Waals surface area contributed by atoms with E-state index in [1.54, 1.807) is 0 Å². The van der Waals surface area contributed by atoms with E-state index in [4.69, 9.17) is 4.74 Å². The molecule has 0 unspecified atom stereocenters. The van der Waals surface area contributed by atoms with Crippen molar-refractivity contribution in [3.63, 3.8) is 0 Å². The first-order valence-corrected chi connectivity index (χ1v) is 12.5. The summed E-state index contributed by atoms with van der Waals surface area (Å²) >= 11 is 0. The minimum atomic E-state index is 0.0362. The summed E-state index contributed by atoms with van der Waals surface area (Å²) in [4.78, 5) is 32.4. The van der Waals surface area contributed by atoms with Crippen LogP contribution in [-0.4, -0.2) is 79.5 Å². The van der Waals surface area contributed by atoms with Crippen molar-refractivity contribution in [2.24, 2.45) is 17.8 Å². The average molecular weight is 442 g/mol. The molecule has 0 aromatic heterocycles. The number of piperidine rings is 2.